The minimum atomic E-state index is -5.84. The third kappa shape index (κ3) is 5.10. The van der Waals surface area contributed by atoms with Gasteiger partial charge in [-0.25, -0.2) is 4.79 Å². The zero-order valence-corrected chi connectivity index (χ0v) is 12.9. The quantitative estimate of drug-likeness (QED) is 0.551. The molecule has 9 heteroatoms. The van der Waals surface area contributed by atoms with E-state index in [1.807, 2.05) is 0 Å². The molecule has 0 aliphatic heterocycles. The van der Waals surface area contributed by atoms with Gasteiger partial charge in [0, 0.05) is 0 Å². The van der Waals surface area contributed by atoms with Gasteiger partial charge in [-0.3, -0.25) is 4.79 Å². The SMILES string of the molecule is CCC(C)(C)C(=O)OC(C)(C)C(=O)OCC(F)(F)C(F)(F)F. The summed E-state index contributed by atoms with van der Waals surface area (Å²) in [7, 11) is 0. The van der Waals surface area contributed by atoms with Gasteiger partial charge in [-0.2, -0.15) is 22.0 Å². The number of carbonyl (C=O) groups excluding carboxylic acids is 2. The Kier molecular flexibility index (Phi) is 5.97. The minimum absolute atomic E-state index is 0.378. The molecule has 0 aromatic rings. The second kappa shape index (κ2) is 6.37. The molecule has 0 aliphatic rings. The van der Waals surface area contributed by atoms with E-state index >= 15 is 0 Å². The number of hydrogen-bond donors (Lipinski definition) is 0. The lowest BCUT2D eigenvalue weighted by molar-refractivity contribution is -0.295. The summed E-state index contributed by atoms with van der Waals surface area (Å²) in [6, 6.07) is 0. The molecule has 0 amide bonds. The molecular formula is C13H19F5O4. The molecule has 0 atom stereocenters. The van der Waals surface area contributed by atoms with Gasteiger partial charge in [0.15, 0.2) is 6.61 Å². The lowest BCUT2D eigenvalue weighted by atomic mass is 9.90. The van der Waals surface area contributed by atoms with Crippen LogP contribution < -0.4 is 0 Å². The fourth-order valence-electron chi connectivity index (χ4n) is 0.968. The zero-order valence-electron chi connectivity index (χ0n) is 12.9. The molecule has 0 rings (SSSR count). The molecule has 0 aromatic carbocycles. The van der Waals surface area contributed by atoms with Gasteiger partial charge in [-0.05, 0) is 34.1 Å². The topological polar surface area (TPSA) is 52.6 Å². The van der Waals surface area contributed by atoms with Crippen molar-refractivity contribution in [3.8, 4) is 0 Å². The number of alkyl halides is 5. The predicted octanol–water partition coefficient (Wildman–Crippen LogP) is 3.49. The summed E-state index contributed by atoms with van der Waals surface area (Å²) < 4.78 is 70.1. The smallest absolute Gasteiger partial charge is 0.456 e. The molecule has 0 heterocycles. The maximum absolute atomic E-state index is 12.7. The Balaban J connectivity index is 4.82. The van der Waals surface area contributed by atoms with E-state index in [4.69, 9.17) is 4.74 Å². The first kappa shape index (κ1) is 20.6. The second-order valence-electron chi connectivity index (χ2n) is 5.92. The van der Waals surface area contributed by atoms with Crippen LogP contribution in [0, 0.1) is 5.41 Å². The van der Waals surface area contributed by atoms with Crippen LogP contribution >= 0.6 is 0 Å². The van der Waals surface area contributed by atoms with Crippen molar-refractivity contribution in [1.29, 1.82) is 0 Å². The van der Waals surface area contributed by atoms with Gasteiger partial charge >= 0.3 is 24.0 Å². The fraction of sp³-hybridized carbons (Fsp3) is 0.846. The Morgan fingerprint density at radius 2 is 1.36 bits per heavy atom. The highest BCUT2D eigenvalue weighted by atomic mass is 19.4. The van der Waals surface area contributed by atoms with E-state index in [9.17, 15) is 31.5 Å². The Bertz CT molecular complexity index is 427. The Labute approximate surface area is 124 Å². The summed E-state index contributed by atoms with van der Waals surface area (Å²) >= 11 is 0. The number of hydrogen-bond acceptors (Lipinski definition) is 4. The number of carbonyl (C=O) groups is 2. The Morgan fingerprint density at radius 1 is 0.909 bits per heavy atom. The van der Waals surface area contributed by atoms with Crippen molar-refractivity contribution in [2.24, 2.45) is 5.41 Å². The van der Waals surface area contributed by atoms with Crippen molar-refractivity contribution in [3.63, 3.8) is 0 Å². The van der Waals surface area contributed by atoms with E-state index in [0.29, 0.717) is 6.42 Å². The van der Waals surface area contributed by atoms with Crippen LogP contribution in [0.25, 0.3) is 0 Å². The average Bonchev–Trinajstić information content (AvgIpc) is 2.33. The van der Waals surface area contributed by atoms with E-state index in [-0.39, 0.29) is 0 Å². The van der Waals surface area contributed by atoms with Gasteiger partial charge in [-0.15, -0.1) is 0 Å². The first-order valence-corrected chi connectivity index (χ1v) is 6.42. The molecule has 0 fully saturated rings. The second-order valence-corrected chi connectivity index (χ2v) is 5.92. The van der Waals surface area contributed by atoms with Crippen LogP contribution in [0.1, 0.15) is 41.0 Å². The monoisotopic (exact) mass is 334 g/mol. The van der Waals surface area contributed by atoms with Gasteiger partial charge in [0.1, 0.15) is 0 Å². The molecule has 0 spiro atoms. The van der Waals surface area contributed by atoms with Crippen molar-refractivity contribution < 1.29 is 41.0 Å². The van der Waals surface area contributed by atoms with Crippen LogP contribution in [0.15, 0.2) is 0 Å². The van der Waals surface area contributed by atoms with Crippen LogP contribution in [-0.2, 0) is 19.1 Å². The minimum Gasteiger partial charge on any atom is -0.456 e. The number of halogens is 5. The van der Waals surface area contributed by atoms with Crippen molar-refractivity contribution in [2.45, 2.75) is 58.7 Å². The fourth-order valence-corrected chi connectivity index (χ4v) is 0.968. The lowest BCUT2D eigenvalue weighted by Gasteiger charge is -2.29. The standard InChI is InChI=1S/C13H19F5O4/c1-6-10(2,3)8(19)22-11(4,5)9(20)21-7-12(14,15)13(16,17)18/h6-7H2,1-5H3. The maximum atomic E-state index is 12.7. The van der Waals surface area contributed by atoms with Crippen molar-refractivity contribution in [2.75, 3.05) is 6.61 Å². The molecular weight excluding hydrogens is 315 g/mol. The zero-order chi connectivity index (χ0) is 18.0. The molecule has 0 aliphatic carbocycles. The summed E-state index contributed by atoms with van der Waals surface area (Å²) in [5.74, 6) is -7.46. The van der Waals surface area contributed by atoms with Crippen LogP contribution in [0.3, 0.4) is 0 Å². The molecule has 0 bridgehead atoms. The van der Waals surface area contributed by atoms with E-state index in [2.05, 4.69) is 4.74 Å². The highest BCUT2D eigenvalue weighted by Crippen LogP contribution is 2.36. The highest BCUT2D eigenvalue weighted by Gasteiger charge is 2.58. The lowest BCUT2D eigenvalue weighted by Crippen LogP contribution is -2.46. The van der Waals surface area contributed by atoms with Crippen LogP contribution in [-0.4, -0.2) is 36.2 Å². The molecule has 0 saturated carbocycles. The summed E-state index contributed by atoms with van der Waals surface area (Å²) in [4.78, 5) is 23.4. The number of ether oxygens (including phenoxy) is 2. The molecule has 0 aromatic heterocycles. The maximum Gasteiger partial charge on any atom is 0.456 e. The number of esters is 2. The highest BCUT2D eigenvalue weighted by molar-refractivity contribution is 5.84. The molecule has 22 heavy (non-hydrogen) atoms. The summed E-state index contributed by atoms with van der Waals surface area (Å²) in [5, 5.41) is 0. The Morgan fingerprint density at radius 3 is 1.73 bits per heavy atom. The molecule has 4 nitrogen and oxygen atoms in total. The summed E-state index contributed by atoms with van der Waals surface area (Å²) in [6.07, 6.45) is -5.46. The van der Waals surface area contributed by atoms with E-state index in [0.717, 1.165) is 13.8 Å². The first-order valence-electron chi connectivity index (χ1n) is 6.42. The van der Waals surface area contributed by atoms with Crippen molar-refractivity contribution in [3.05, 3.63) is 0 Å². The largest absolute Gasteiger partial charge is 0.456 e. The third-order valence-corrected chi connectivity index (χ3v) is 3.08. The van der Waals surface area contributed by atoms with E-state index in [1.165, 1.54) is 13.8 Å². The van der Waals surface area contributed by atoms with E-state index < -0.39 is 41.7 Å². The van der Waals surface area contributed by atoms with Gasteiger partial charge in [0.25, 0.3) is 0 Å². The summed E-state index contributed by atoms with van der Waals surface area (Å²) in [6.45, 7) is 4.68. The molecule has 0 saturated heterocycles. The first-order chi connectivity index (χ1) is 9.57. The van der Waals surface area contributed by atoms with Crippen molar-refractivity contribution in [1.82, 2.24) is 0 Å². The molecule has 130 valence electrons. The van der Waals surface area contributed by atoms with Gasteiger partial charge in [0.2, 0.25) is 5.60 Å². The van der Waals surface area contributed by atoms with Crippen molar-refractivity contribution >= 4 is 11.9 Å². The van der Waals surface area contributed by atoms with E-state index in [1.54, 1.807) is 6.92 Å². The summed E-state index contributed by atoms with van der Waals surface area (Å²) in [5.41, 5.74) is -2.92. The third-order valence-electron chi connectivity index (χ3n) is 3.08. The van der Waals surface area contributed by atoms with Gasteiger partial charge in [0.05, 0.1) is 5.41 Å². The van der Waals surface area contributed by atoms with Gasteiger partial charge in [-0.1, -0.05) is 6.92 Å². The molecule has 0 radical (unpaired) electrons. The Hall–Kier alpha value is -1.41. The van der Waals surface area contributed by atoms with Gasteiger partial charge < -0.3 is 9.47 Å². The van der Waals surface area contributed by atoms with Crippen LogP contribution in [0.5, 0.6) is 0 Å². The van der Waals surface area contributed by atoms with Crippen LogP contribution in [0.2, 0.25) is 0 Å². The average molecular weight is 334 g/mol. The van der Waals surface area contributed by atoms with Crippen LogP contribution in [0.4, 0.5) is 22.0 Å². The molecule has 0 unspecified atom stereocenters. The normalized spacial score (nSPS) is 13.7. The number of rotatable bonds is 6. The molecule has 0 N–H and O–H groups in total. The predicted molar refractivity (Wildman–Crippen MR) is 66.2 cm³/mol.